The van der Waals surface area contributed by atoms with Gasteiger partial charge in [0.05, 0.1) is 0 Å². The molecule has 31 heavy (non-hydrogen) atoms. The first kappa shape index (κ1) is 19.0. The van der Waals surface area contributed by atoms with Crippen molar-refractivity contribution >= 4 is 33.7 Å². The summed E-state index contributed by atoms with van der Waals surface area (Å²) in [6, 6.07) is 37.3. The zero-order valence-corrected chi connectivity index (χ0v) is 19.3. The molecule has 150 valence electrons. The largest absolute Gasteiger partial charge is 0.309 e. The van der Waals surface area contributed by atoms with Gasteiger partial charge in [-0.3, -0.25) is 0 Å². The number of hydrogen-bond donors (Lipinski definition) is 0. The van der Waals surface area contributed by atoms with E-state index in [1.54, 1.807) is 0 Å². The van der Waals surface area contributed by atoms with E-state index in [1.807, 2.05) is 60.7 Å². The molecule has 0 atom stereocenters. The van der Waals surface area contributed by atoms with Gasteiger partial charge in [0.25, 0.3) is 0 Å². The van der Waals surface area contributed by atoms with E-state index in [9.17, 15) is 0 Å². The lowest BCUT2D eigenvalue weighted by atomic mass is 9.68. The van der Waals surface area contributed by atoms with Crippen LogP contribution in [0.1, 0.15) is 34.1 Å². The summed E-state index contributed by atoms with van der Waals surface area (Å²) in [6.45, 7) is 0. The fourth-order valence-corrected chi connectivity index (χ4v) is 9.88. The van der Waals surface area contributed by atoms with Crippen LogP contribution in [0.15, 0.2) is 119 Å². The Balaban J connectivity index is 1.71. The predicted octanol–water partition coefficient (Wildman–Crippen LogP) is 6.90. The quantitative estimate of drug-likeness (QED) is 0.290. The van der Waals surface area contributed by atoms with E-state index in [0.717, 1.165) is 20.4 Å². The standard InChI is InChI=1S/C28H20BrOP/c29-27-25-21-15-7-9-17-23(21)26(24-18-10-8-16-22(24)25)28(27)31(30,19-11-3-1-4-12-19)20-13-5-2-6-14-20/h1-18,25-26H. The first-order valence-corrected chi connectivity index (χ1v) is 13.0. The zero-order chi connectivity index (χ0) is 21.0. The van der Waals surface area contributed by atoms with E-state index in [0.29, 0.717) is 0 Å². The lowest BCUT2D eigenvalue weighted by Crippen LogP contribution is -2.30. The molecule has 0 saturated carbocycles. The highest BCUT2D eigenvalue weighted by Crippen LogP contribution is 2.68. The number of hydrogen-bond acceptors (Lipinski definition) is 1. The molecule has 0 fully saturated rings. The van der Waals surface area contributed by atoms with E-state index >= 15 is 4.57 Å². The van der Waals surface area contributed by atoms with Crippen LogP contribution in [0.25, 0.3) is 0 Å². The highest BCUT2D eigenvalue weighted by Gasteiger charge is 2.49. The van der Waals surface area contributed by atoms with Gasteiger partial charge in [0.1, 0.15) is 0 Å². The van der Waals surface area contributed by atoms with Gasteiger partial charge < -0.3 is 4.57 Å². The third-order valence-corrected chi connectivity index (χ3v) is 11.0. The van der Waals surface area contributed by atoms with Crippen molar-refractivity contribution in [3.8, 4) is 0 Å². The van der Waals surface area contributed by atoms with Gasteiger partial charge in [0.15, 0.2) is 7.14 Å². The molecule has 0 saturated heterocycles. The van der Waals surface area contributed by atoms with E-state index < -0.39 is 7.14 Å². The van der Waals surface area contributed by atoms with Gasteiger partial charge in [-0.05, 0) is 22.3 Å². The van der Waals surface area contributed by atoms with Gasteiger partial charge in [-0.2, -0.15) is 0 Å². The number of halogens is 1. The van der Waals surface area contributed by atoms with Crippen molar-refractivity contribution in [3.63, 3.8) is 0 Å². The molecule has 4 aromatic carbocycles. The first-order valence-electron chi connectivity index (χ1n) is 10.5. The molecule has 0 aliphatic heterocycles. The Bertz CT molecular complexity index is 1280. The van der Waals surface area contributed by atoms with Crippen LogP contribution in [0.5, 0.6) is 0 Å². The maximum atomic E-state index is 15.3. The van der Waals surface area contributed by atoms with Crippen LogP contribution in [0, 0.1) is 0 Å². The molecule has 1 nitrogen and oxygen atoms in total. The van der Waals surface area contributed by atoms with Crippen LogP contribution in [-0.2, 0) is 4.57 Å². The minimum Gasteiger partial charge on any atom is -0.309 e. The molecule has 2 bridgehead atoms. The van der Waals surface area contributed by atoms with Gasteiger partial charge in [-0.15, -0.1) is 0 Å². The molecule has 0 radical (unpaired) electrons. The average Bonchev–Trinajstić information content (AvgIpc) is 2.84. The average molecular weight is 483 g/mol. The molecule has 0 unspecified atom stereocenters. The maximum Gasteiger partial charge on any atom is 0.168 e. The minimum atomic E-state index is -3.08. The van der Waals surface area contributed by atoms with Crippen molar-refractivity contribution in [1.29, 1.82) is 0 Å². The third-order valence-electron chi connectivity index (χ3n) is 6.59. The van der Waals surface area contributed by atoms with Gasteiger partial charge in [-0.1, -0.05) is 125 Å². The van der Waals surface area contributed by atoms with Crippen molar-refractivity contribution in [2.75, 3.05) is 0 Å². The summed E-state index contributed by atoms with van der Waals surface area (Å²) >= 11 is 3.99. The Kier molecular flexibility index (Phi) is 4.42. The molecular formula is C28H20BrOP. The Morgan fingerprint density at radius 2 is 0.871 bits per heavy atom. The lowest BCUT2D eigenvalue weighted by molar-refractivity contribution is 0.587. The van der Waals surface area contributed by atoms with Gasteiger partial charge in [0, 0.05) is 32.2 Å². The highest BCUT2D eigenvalue weighted by atomic mass is 79.9. The van der Waals surface area contributed by atoms with Gasteiger partial charge in [-0.25, -0.2) is 0 Å². The topological polar surface area (TPSA) is 17.1 Å². The second-order valence-electron chi connectivity index (χ2n) is 8.14. The second-order valence-corrected chi connectivity index (χ2v) is 11.7. The van der Waals surface area contributed by atoms with Crippen LogP contribution in [-0.4, -0.2) is 0 Å². The third kappa shape index (κ3) is 2.65. The highest BCUT2D eigenvalue weighted by molar-refractivity contribution is 9.11. The fraction of sp³-hybridized carbons (Fsp3) is 0.0714. The van der Waals surface area contributed by atoms with Gasteiger partial charge >= 0.3 is 0 Å². The summed E-state index contributed by atoms with van der Waals surface area (Å²) in [6.07, 6.45) is 0. The van der Waals surface area contributed by atoms with Crippen LogP contribution in [0.4, 0.5) is 0 Å². The summed E-state index contributed by atoms with van der Waals surface area (Å²) in [4.78, 5) is 0. The molecule has 3 aliphatic rings. The second kappa shape index (κ2) is 7.19. The van der Waals surface area contributed by atoms with Crippen LogP contribution < -0.4 is 10.6 Å². The maximum absolute atomic E-state index is 15.3. The summed E-state index contributed by atoms with van der Waals surface area (Å²) in [5.41, 5.74) is 5.18. The van der Waals surface area contributed by atoms with Crippen LogP contribution in [0.2, 0.25) is 0 Å². The van der Waals surface area contributed by atoms with Crippen molar-refractivity contribution in [3.05, 3.63) is 141 Å². The molecule has 0 spiro atoms. The summed E-state index contributed by atoms with van der Waals surface area (Å²) in [5.74, 6) is 0.0474. The summed E-state index contributed by atoms with van der Waals surface area (Å²) in [7, 11) is -3.08. The molecule has 3 heteroatoms. The fourth-order valence-electron chi connectivity index (χ4n) is 5.30. The van der Waals surface area contributed by atoms with Crippen LogP contribution >= 0.6 is 23.1 Å². The van der Waals surface area contributed by atoms with Crippen molar-refractivity contribution in [1.82, 2.24) is 0 Å². The van der Waals surface area contributed by atoms with E-state index in [-0.39, 0.29) is 11.8 Å². The molecule has 0 N–H and O–H groups in total. The Morgan fingerprint density at radius 3 is 1.29 bits per heavy atom. The Labute approximate surface area is 191 Å². The van der Waals surface area contributed by atoms with E-state index in [2.05, 4.69) is 64.5 Å². The molecular weight excluding hydrogens is 463 g/mol. The van der Waals surface area contributed by atoms with E-state index in [4.69, 9.17) is 0 Å². The predicted molar refractivity (Wildman–Crippen MR) is 132 cm³/mol. The van der Waals surface area contributed by atoms with Crippen molar-refractivity contribution < 1.29 is 4.57 Å². The minimum absolute atomic E-state index is 0.0296. The van der Waals surface area contributed by atoms with Crippen LogP contribution in [0.3, 0.4) is 0 Å². The summed E-state index contributed by atoms with van der Waals surface area (Å²) in [5, 5.41) is 2.79. The molecule has 4 aromatic rings. The van der Waals surface area contributed by atoms with Crippen molar-refractivity contribution in [2.45, 2.75) is 11.8 Å². The molecule has 0 heterocycles. The number of benzene rings is 4. The monoisotopic (exact) mass is 482 g/mol. The SMILES string of the molecule is O=P(C1=C(Br)C2c3ccccc3C1c1ccccc12)(c1ccccc1)c1ccccc1. The lowest BCUT2D eigenvalue weighted by Gasteiger charge is -2.44. The van der Waals surface area contributed by atoms with E-state index in [1.165, 1.54) is 22.3 Å². The zero-order valence-electron chi connectivity index (χ0n) is 16.8. The molecule has 0 amide bonds. The molecule has 7 rings (SSSR count). The smallest absolute Gasteiger partial charge is 0.168 e. The molecule has 0 aromatic heterocycles. The Hall–Kier alpha value is -2.67. The number of allylic oxidation sites excluding steroid dienone is 2. The van der Waals surface area contributed by atoms with Crippen molar-refractivity contribution in [2.24, 2.45) is 0 Å². The number of rotatable bonds is 3. The normalized spacial score (nSPS) is 19.1. The first-order chi connectivity index (χ1) is 15.2. The summed E-state index contributed by atoms with van der Waals surface area (Å²) < 4.78 is 16.4. The Morgan fingerprint density at radius 1 is 0.516 bits per heavy atom. The molecule has 3 aliphatic carbocycles. The van der Waals surface area contributed by atoms with Gasteiger partial charge in [0.2, 0.25) is 0 Å².